The van der Waals surface area contributed by atoms with E-state index in [1.165, 1.54) is 19.3 Å². The van der Waals surface area contributed by atoms with Crippen molar-refractivity contribution < 1.29 is 4.79 Å². The van der Waals surface area contributed by atoms with E-state index in [9.17, 15) is 4.79 Å². The summed E-state index contributed by atoms with van der Waals surface area (Å²) in [6.45, 7) is 7.34. The first kappa shape index (κ1) is 11.9. The van der Waals surface area contributed by atoms with Crippen LogP contribution in [0.25, 0.3) is 0 Å². The van der Waals surface area contributed by atoms with E-state index in [0.717, 1.165) is 26.1 Å². The molecule has 2 rings (SSSR count). The van der Waals surface area contributed by atoms with Crippen molar-refractivity contribution in [3.05, 3.63) is 0 Å². The standard InChI is InChI=1S/C13H24N2O/c1-10-4-3-5-11(2)15(9-10)13(16)12-6-7-14-8-12/h10-12,14H,3-9H2,1-2H3. The summed E-state index contributed by atoms with van der Waals surface area (Å²) in [4.78, 5) is 14.5. The van der Waals surface area contributed by atoms with Crippen molar-refractivity contribution in [3.63, 3.8) is 0 Å². The number of nitrogens with zero attached hydrogens (tertiary/aromatic N) is 1. The molecule has 0 aliphatic carbocycles. The fraction of sp³-hybridized carbons (Fsp3) is 0.923. The van der Waals surface area contributed by atoms with Crippen LogP contribution in [0.15, 0.2) is 0 Å². The number of carbonyl (C=O) groups is 1. The van der Waals surface area contributed by atoms with Crippen LogP contribution in [0.1, 0.15) is 39.5 Å². The van der Waals surface area contributed by atoms with Crippen molar-refractivity contribution in [2.75, 3.05) is 19.6 Å². The van der Waals surface area contributed by atoms with Gasteiger partial charge in [-0.25, -0.2) is 0 Å². The lowest BCUT2D eigenvalue weighted by atomic mass is 10.0. The Morgan fingerprint density at radius 1 is 1.25 bits per heavy atom. The van der Waals surface area contributed by atoms with Crippen LogP contribution in [0.3, 0.4) is 0 Å². The maximum absolute atomic E-state index is 12.4. The monoisotopic (exact) mass is 224 g/mol. The second kappa shape index (κ2) is 5.17. The summed E-state index contributed by atoms with van der Waals surface area (Å²) in [7, 11) is 0. The molecule has 3 nitrogen and oxygen atoms in total. The van der Waals surface area contributed by atoms with Crippen molar-refractivity contribution in [1.82, 2.24) is 10.2 Å². The third-order valence-corrected chi connectivity index (χ3v) is 4.05. The number of nitrogens with one attached hydrogen (secondary N) is 1. The number of hydrogen-bond acceptors (Lipinski definition) is 2. The summed E-state index contributed by atoms with van der Waals surface area (Å²) in [5.74, 6) is 1.31. The third kappa shape index (κ3) is 2.57. The summed E-state index contributed by atoms with van der Waals surface area (Å²) in [6.07, 6.45) is 4.75. The molecule has 2 aliphatic heterocycles. The zero-order valence-corrected chi connectivity index (χ0v) is 10.5. The molecule has 92 valence electrons. The Labute approximate surface area is 98.6 Å². The van der Waals surface area contributed by atoms with Crippen LogP contribution in [0.2, 0.25) is 0 Å². The molecule has 0 aromatic carbocycles. The zero-order valence-electron chi connectivity index (χ0n) is 10.5. The number of rotatable bonds is 1. The van der Waals surface area contributed by atoms with E-state index in [1.807, 2.05) is 0 Å². The number of likely N-dealkylation sites (tertiary alicyclic amines) is 1. The van der Waals surface area contributed by atoms with E-state index in [2.05, 4.69) is 24.1 Å². The third-order valence-electron chi connectivity index (χ3n) is 4.05. The smallest absolute Gasteiger partial charge is 0.227 e. The van der Waals surface area contributed by atoms with Crippen LogP contribution < -0.4 is 5.32 Å². The van der Waals surface area contributed by atoms with Gasteiger partial charge in [0.1, 0.15) is 0 Å². The van der Waals surface area contributed by atoms with Crippen molar-refractivity contribution in [2.45, 2.75) is 45.6 Å². The van der Waals surface area contributed by atoms with Gasteiger partial charge in [0.15, 0.2) is 0 Å². The summed E-state index contributed by atoms with van der Waals surface area (Å²) < 4.78 is 0. The summed E-state index contributed by atoms with van der Waals surface area (Å²) in [6, 6.07) is 0.443. The van der Waals surface area contributed by atoms with E-state index >= 15 is 0 Å². The van der Waals surface area contributed by atoms with Crippen LogP contribution in [0, 0.1) is 11.8 Å². The largest absolute Gasteiger partial charge is 0.339 e. The molecule has 0 aromatic rings. The Kier molecular flexibility index (Phi) is 3.85. The predicted octanol–water partition coefficient (Wildman–Crippen LogP) is 1.63. The minimum atomic E-state index is 0.243. The molecule has 16 heavy (non-hydrogen) atoms. The topological polar surface area (TPSA) is 32.3 Å². The molecular formula is C13H24N2O. The van der Waals surface area contributed by atoms with Gasteiger partial charge in [-0.2, -0.15) is 0 Å². The van der Waals surface area contributed by atoms with Crippen LogP contribution in [0.4, 0.5) is 0 Å². The van der Waals surface area contributed by atoms with Crippen molar-refractivity contribution in [1.29, 1.82) is 0 Å². The minimum absolute atomic E-state index is 0.243. The van der Waals surface area contributed by atoms with E-state index in [0.29, 0.717) is 17.9 Å². The lowest BCUT2D eigenvalue weighted by Crippen LogP contribution is -2.43. The van der Waals surface area contributed by atoms with Gasteiger partial charge in [-0.3, -0.25) is 4.79 Å². The highest BCUT2D eigenvalue weighted by Gasteiger charge is 2.31. The Morgan fingerprint density at radius 2 is 2.06 bits per heavy atom. The maximum atomic E-state index is 12.4. The first-order chi connectivity index (χ1) is 7.68. The fourth-order valence-corrected chi connectivity index (χ4v) is 2.93. The highest BCUT2D eigenvalue weighted by atomic mass is 16.2. The second-order valence-electron chi connectivity index (χ2n) is 5.57. The normalized spacial score (nSPS) is 36.1. The first-order valence-electron chi connectivity index (χ1n) is 6.69. The van der Waals surface area contributed by atoms with Crippen LogP contribution in [-0.4, -0.2) is 36.5 Å². The molecule has 2 fully saturated rings. The molecule has 0 saturated carbocycles. The van der Waals surface area contributed by atoms with Gasteiger partial charge in [0.2, 0.25) is 5.91 Å². The number of hydrogen-bond donors (Lipinski definition) is 1. The van der Waals surface area contributed by atoms with Gasteiger partial charge >= 0.3 is 0 Å². The predicted molar refractivity (Wildman–Crippen MR) is 65.2 cm³/mol. The summed E-state index contributed by atoms with van der Waals surface area (Å²) in [5, 5.41) is 3.29. The zero-order chi connectivity index (χ0) is 11.5. The summed E-state index contributed by atoms with van der Waals surface area (Å²) >= 11 is 0. The van der Waals surface area contributed by atoms with Gasteiger partial charge < -0.3 is 10.2 Å². The quantitative estimate of drug-likeness (QED) is 0.734. The van der Waals surface area contributed by atoms with Crippen LogP contribution >= 0.6 is 0 Å². The van der Waals surface area contributed by atoms with Gasteiger partial charge in [0.25, 0.3) is 0 Å². The fourth-order valence-electron chi connectivity index (χ4n) is 2.93. The molecule has 1 amide bonds. The Morgan fingerprint density at radius 3 is 2.75 bits per heavy atom. The van der Waals surface area contributed by atoms with Crippen LogP contribution in [0.5, 0.6) is 0 Å². The molecule has 0 spiro atoms. The Bertz CT molecular complexity index is 248. The SMILES string of the molecule is CC1CCCC(C)N(C(=O)C2CCNC2)C1. The van der Waals surface area contributed by atoms with Crippen molar-refractivity contribution >= 4 is 5.91 Å². The van der Waals surface area contributed by atoms with E-state index in [4.69, 9.17) is 0 Å². The lowest BCUT2D eigenvalue weighted by molar-refractivity contribution is -0.137. The maximum Gasteiger partial charge on any atom is 0.227 e. The Balaban J connectivity index is 2.01. The molecule has 1 N–H and O–H groups in total. The average molecular weight is 224 g/mol. The molecule has 2 aliphatic rings. The van der Waals surface area contributed by atoms with E-state index in [-0.39, 0.29) is 5.92 Å². The molecule has 0 radical (unpaired) electrons. The highest BCUT2D eigenvalue weighted by molar-refractivity contribution is 5.79. The molecule has 0 bridgehead atoms. The van der Waals surface area contributed by atoms with Crippen molar-refractivity contribution in [3.8, 4) is 0 Å². The highest BCUT2D eigenvalue weighted by Crippen LogP contribution is 2.23. The molecule has 3 unspecified atom stereocenters. The molecule has 2 heterocycles. The van der Waals surface area contributed by atoms with Gasteiger partial charge in [0, 0.05) is 19.1 Å². The number of amides is 1. The van der Waals surface area contributed by atoms with Crippen LogP contribution in [-0.2, 0) is 4.79 Å². The molecular weight excluding hydrogens is 200 g/mol. The second-order valence-corrected chi connectivity index (χ2v) is 5.57. The van der Waals surface area contributed by atoms with Gasteiger partial charge in [-0.15, -0.1) is 0 Å². The van der Waals surface area contributed by atoms with E-state index in [1.54, 1.807) is 0 Å². The Hall–Kier alpha value is -0.570. The molecule has 0 aromatic heterocycles. The molecule has 3 heteroatoms. The lowest BCUT2D eigenvalue weighted by Gasteiger charge is -2.31. The van der Waals surface area contributed by atoms with Crippen molar-refractivity contribution in [2.24, 2.45) is 11.8 Å². The molecule has 2 saturated heterocycles. The van der Waals surface area contributed by atoms with E-state index < -0.39 is 0 Å². The van der Waals surface area contributed by atoms with Gasteiger partial charge in [0.05, 0.1) is 5.92 Å². The van der Waals surface area contributed by atoms with Gasteiger partial charge in [-0.1, -0.05) is 13.3 Å². The molecule has 3 atom stereocenters. The average Bonchev–Trinajstić information content (AvgIpc) is 2.72. The first-order valence-corrected chi connectivity index (χ1v) is 6.69. The number of carbonyl (C=O) groups excluding carboxylic acids is 1. The minimum Gasteiger partial charge on any atom is -0.339 e. The van der Waals surface area contributed by atoms with Gasteiger partial charge in [-0.05, 0) is 38.6 Å². The summed E-state index contributed by atoms with van der Waals surface area (Å²) in [5.41, 5.74) is 0.